The summed E-state index contributed by atoms with van der Waals surface area (Å²) >= 11 is 0. The summed E-state index contributed by atoms with van der Waals surface area (Å²) < 4.78 is 6.27. The molecule has 2 aromatic carbocycles. The van der Waals surface area contributed by atoms with Crippen molar-refractivity contribution in [3.8, 4) is 5.75 Å². The van der Waals surface area contributed by atoms with Crippen molar-refractivity contribution >= 4 is 34.5 Å². The first-order chi connectivity index (χ1) is 16.4. The van der Waals surface area contributed by atoms with E-state index in [1.807, 2.05) is 30.3 Å². The number of hydrogen-bond donors (Lipinski definition) is 1. The van der Waals surface area contributed by atoms with Crippen molar-refractivity contribution in [1.82, 2.24) is 4.98 Å². The van der Waals surface area contributed by atoms with Crippen molar-refractivity contribution in [2.24, 2.45) is 21.1 Å². The molecule has 0 unspecified atom stereocenters. The van der Waals surface area contributed by atoms with E-state index < -0.39 is 0 Å². The van der Waals surface area contributed by atoms with E-state index in [4.69, 9.17) is 15.5 Å². The summed E-state index contributed by atoms with van der Waals surface area (Å²) in [5.41, 5.74) is 11.7. The van der Waals surface area contributed by atoms with Crippen LogP contribution >= 0.6 is 0 Å². The van der Waals surface area contributed by atoms with Crippen LogP contribution in [0.5, 0.6) is 5.75 Å². The van der Waals surface area contributed by atoms with Gasteiger partial charge in [0.05, 0.1) is 11.4 Å². The fourth-order valence-corrected chi connectivity index (χ4v) is 3.80. The average Bonchev–Trinajstić information content (AvgIpc) is 2.79. The monoisotopic (exact) mass is 452 g/mol. The minimum atomic E-state index is 0.0651. The molecule has 1 aliphatic heterocycles. The maximum Gasteiger partial charge on any atom is 0.127 e. The van der Waals surface area contributed by atoms with Gasteiger partial charge in [-0.2, -0.15) is 0 Å². The molecule has 2 heterocycles. The van der Waals surface area contributed by atoms with Gasteiger partial charge in [-0.25, -0.2) is 0 Å². The first kappa shape index (κ1) is 23.6. The summed E-state index contributed by atoms with van der Waals surface area (Å²) in [7, 11) is 0. The molecule has 3 aromatic rings. The second-order valence-electron chi connectivity index (χ2n) is 9.35. The Morgan fingerprint density at radius 1 is 1.09 bits per heavy atom. The zero-order chi connectivity index (χ0) is 24.1. The lowest BCUT2D eigenvalue weighted by molar-refractivity contribution is 0.310. The van der Waals surface area contributed by atoms with Crippen LogP contribution in [0.1, 0.15) is 50.9 Å². The van der Waals surface area contributed by atoms with Crippen LogP contribution in [0.15, 0.2) is 76.5 Å². The zero-order valence-electron chi connectivity index (χ0n) is 20.4. The van der Waals surface area contributed by atoms with E-state index in [1.165, 1.54) is 0 Å². The Morgan fingerprint density at radius 3 is 2.56 bits per heavy atom. The molecule has 0 radical (unpaired) electrons. The van der Waals surface area contributed by atoms with Gasteiger partial charge in [-0.3, -0.25) is 15.0 Å². The van der Waals surface area contributed by atoms with Crippen LogP contribution in [0.3, 0.4) is 0 Å². The predicted octanol–water partition coefficient (Wildman–Crippen LogP) is 6.44. The van der Waals surface area contributed by atoms with Crippen molar-refractivity contribution in [3.63, 3.8) is 0 Å². The number of hydrogen-bond acceptors (Lipinski definition) is 5. The van der Waals surface area contributed by atoms with Crippen LogP contribution in [-0.2, 0) is 6.61 Å². The summed E-state index contributed by atoms with van der Waals surface area (Å²) in [6.07, 6.45) is 8.51. The zero-order valence-corrected chi connectivity index (χ0v) is 20.4. The molecule has 1 aliphatic rings. The Kier molecular flexibility index (Phi) is 7.03. The highest BCUT2D eigenvalue weighted by Gasteiger charge is 2.25. The first-order valence-corrected chi connectivity index (χ1v) is 11.7. The Labute approximate surface area is 201 Å². The summed E-state index contributed by atoms with van der Waals surface area (Å²) in [4.78, 5) is 13.6. The van der Waals surface area contributed by atoms with Gasteiger partial charge < -0.3 is 10.5 Å². The molecule has 2 N–H and O–H groups in total. The molecule has 174 valence electrons. The molecule has 1 aromatic heterocycles. The second-order valence-corrected chi connectivity index (χ2v) is 9.35. The quantitative estimate of drug-likeness (QED) is 0.400. The Hall–Kier alpha value is -3.57. The number of benzene rings is 2. The Bertz CT molecular complexity index is 1310. The Balaban J connectivity index is 1.54. The normalized spacial score (nSPS) is 14.2. The van der Waals surface area contributed by atoms with Crippen LogP contribution in [0.4, 0.5) is 0 Å². The number of rotatable bonds is 8. The number of fused-ring (bicyclic) bond motifs is 1. The minimum absolute atomic E-state index is 0.0651. The van der Waals surface area contributed by atoms with E-state index in [2.05, 4.69) is 68.0 Å². The predicted molar refractivity (Wildman–Crippen MR) is 143 cm³/mol. The topological polar surface area (TPSA) is 72.9 Å². The van der Waals surface area contributed by atoms with Crippen molar-refractivity contribution in [3.05, 3.63) is 83.3 Å². The van der Waals surface area contributed by atoms with Crippen molar-refractivity contribution in [1.29, 1.82) is 0 Å². The van der Waals surface area contributed by atoms with Gasteiger partial charge in [0.15, 0.2) is 0 Å². The molecule has 5 nitrogen and oxygen atoms in total. The third kappa shape index (κ3) is 5.32. The van der Waals surface area contributed by atoms with Gasteiger partial charge in [-0.05, 0) is 53.8 Å². The minimum Gasteiger partial charge on any atom is -0.488 e. The molecule has 4 rings (SSSR count). The van der Waals surface area contributed by atoms with Gasteiger partial charge in [-0.1, -0.05) is 52.0 Å². The fraction of sp³-hybridized carbons (Fsp3) is 0.276. The molecular weight excluding hydrogens is 420 g/mol. The van der Waals surface area contributed by atoms with E-state index in [9.17, 15) is 0 Å². The third-order valence-electron chi connectivity index (χ3n) is 5.72. The van der Waals surface area contributed by atoms with Crippen LogP contribution in [-0.4, -0.2) is 23.5 Å². The molecule has 0 bridgehead atoms. The molecular formula is C29H32N4O. The van der Waals surface area contributed by atoms with Crippen LogP contribution in [0.25, 0.3) is 22.5 Å². The molecule has 0 fully saturated rings. The van der Waals surface area contributed by atoms with Gasteiger partial charge in [-0.15, -0.1) is 0 Å². The smallest absolute Gasteiger partial charge is 0.127 e. The van der Waals surface area contributed by atoms with Gasteiger partial charge in [0.2, 0.25) is 0 Å². The van der Waals surface area contributed by atoms with Gasteiger partial charge in [0, 0.05) is 46.7 Å². The Morgan fingerprint density at radius 2 is 1.85 bits per heavy atom. The summed E-state index contributed by atoms with van der Waals surface area (Å²) in [5.74, 6) is 0.856. The molecule has 0 saturated heterocycles. The van der Waals surface area contributed by atoms with Gasteiger partial charge in [0.1, 0.15) is 12.4 Å². The maximum atomic E-state index is 6.27. The number of nitrogens with zero attached hydrogens (tertiary/aromatic N) is 3. The van der Waals surface area contributed by atoms with Crippen LogP contribution in [0, 0.1) is 5.41 Å². The molecule has 0 aliphatic carbocycles. The highest BCUT2D eigenvalue weighted by molar-refractivity contribution is 6.15. The van der Waals surface area contributed by atoms with Crippen LogP contribution < -0.4 is 10.5 Å². The molecule has 5 heteroatoms. The van der Waals surface area contributed by atoms with Crippen LogP contribution in [0.2, 0.25) is 0 Å². The lowest BCUT2D eigenvalue weighted by Gasteiger charge is -2.26. The average molecular weight is 453 g/mol. The number of aromatic nitrogens is 1. The van der Waals surface area contributed by atoms with Crippen molar-refractivity contribution < 1.29 is 4.74 Å². The summed E-state index contributed by atoms with van der Waals surface area (Å²) in [6.45, 7) is 9.50. The van der Waals surface area contributed by atoms with Gasteiger partial charge >= 0.3 is 0 Å². The summed E-state index contributed by atoms with van der Waals surface area (Å²) in [6, 6.07) is 16.5. The first-order valence-electron chi connectivity index (χ1n) is 11.7. The van der Waals surface area contributed by atoms with E-state index >= 15 is 0 Å². The standard InChI is InChI=1S/C29H32N4O/c1-5-21(32-15-13-30)17-22-16-20(12-14-31-22)19-34-27-11-10-24(23-8-6-7-9-25(23)27)26-18-28(33-26)29(2,3)4/h6-12,14-18H,5,13,19,30H2,1-4H3. The lowest BCUT2D eigenvalue weighted by atomic mass is 9.85. The van der Waals surface area contributed by atoms with E-state index in [1.54, 1.807) is 12.4 Å². The number of nitrogens with two attached hydrogens (primary N) is 1. The SMILES string of the molecule is CCC(=Cc1cc(COc2ccc(C3=CC(C(C)(C)C)=N3)c3ccccc23)ccn1)N=CCN. The lowest BCUT2D eigenvalue weighted by Crippen LogP contribution is -2.22. The molecule has 0 amide bonds. The van der Waals surface area contributed by atoms with Gasteiger partial charge in [0.25, 0.3) is 0 Å². The van der Waals surface area contributed by atoms with E-state index in [0.29, 0.717) is 13.2 Å². The maximum absolute atomic E-state index is 6.27. The highest BCUT2D eigenvalue weighted by atomic mass is 16.5. The fourth-order valence-electron chi connectivity index (χ4n) is 3.80. The largest absolute Gasteiger partial charge is 0.488 e. The third-order valence-corrected chi connectivity index (χ3v) is 5.72. The molecule has 0 saturated carbocycles. The van der Waals surface area contributed by atoms with Crippen molar-refractivity contribution in [2.45, 2.75) is 40.7 Å². The second kappa shape index (κ2) is 10.1. The van der Waals surface area contributed by atoms with E-state index in [0.717, 1.165) is 56.9 Å². The molecule has 0 atom stereocenters. The van der Waals surface area contributed by atoms with Crippen molar-refractivity contribution in [2.75, 3.05) is 6.54 Å². The number of pyridine rings is 1. The van der Waals surface area contributed by atoms with E-state index in [-0.39, 0.29) is 5.41 Å². The number of allylic oxidation sites excluding steroid dienone is 2. The highest BCUT2D eigenvalue weighted by Crippen LogP contribution is 2.37. The molecule has 0 spiro atoms. The summed E-state index contributed by atoms with van der Waals surface area (Å²) in [5, 5.41) is 2.23. The number of aliphatic imine (C=N–C) groups is 2. The molecule has 34 heavy (non-hydrogen) atoms. The number of ether oxygens (including phenoxy) is 1.